The average Bonchev–Trinajstić information content (AvgIpc) is 2.65. The molecule has 2 aromatic carbocycles. The molecule has 0 bridgehead atoms. The van der Waals surface area contributed by atoms with Gasteiger partial charge < -0.3 is 5.32 Å². The molecule has 0 aromatic heterocycles. The summed E-state index contributed by atoms with van der Waals surface area (Å²) in [4.78, 5) is 12.6. The summed E-state index contributed by atoms with van der Waals surface area (Å²) in [6, 6.07) is 9.74. The van der Waals surface area contributed by atoms with Gasteiger partial charge in [-0.3, -0.25) is 4.79 Å². The number of carbonyl (C=O) groups excluding carboxylic acids is 1. The van der Waals surface area contributed by atoms with Gasteiger partial charge in [-0.2, -0.15) is 4.31 Å². The number of rotatable bonds is 4. The monoisotopic (exact) mass is 430 g/mol. The van der Waals surface area contributed by atoms with Crippen molar-refractivity contribution >= 4 is 44.8 Å². The Kier molecular flexibility index (Phi) is 6.05. The number of carbonyl (C=O) groups is 1. The Bertz CT molecular complexity index is 952. The van der Waals surface area contributed by atoms with Crippen LogP contribution in [-0.2, 0) is 14.8 Å². The van der Waals surface area contributed by atoms with Crippen LogP contribution in [-0.4, -0.2) is 31.7 Å². The molecule has 1 aliphatic heterocycles. The van der Waals surface area contributed by atoms with E-state index < -0.39 is 27.7 Å². The molecule has 0 radical (unpaired) electrons. The predicted octanol–water partition coefficient (Wildman–Crippen LogP) is 4.17. The molecule has 9 heteroatoms. The van der Waals surface area contributed by atoms with Crippen molar-refractivity contribution in [1.82, 2.24) is 4.31 Å². The van der Waals surface area contributed by atoms with E-state index in [1.807, 2.05) is 0 Å². The number of hydrogen-bond donors (Lipinski definition) is 1. The Balaban J connectivity index is 1.74. The van der Waals surface area contributed by atoms with E-state index in [-0.39, 0.29) is 17.1 Å². The van der Waals surface area contributed by atoms with Gasteiger partial charge in [-0.15, -0.1) is 0 Å². The van der Waals surface area contributed by atoms with E-state index in [1.54, 1.807) is 0 Å². The van der Waals surface area contributed by atoms with Crippen molar-refractivity contribution in [3.63, 3.8) is 0 Å². The SMILES string of the molecule is O=C(Nc1cc(Cl)ccc1F)[C@@H]1CCCN(S(=O)(=O)c2ccc(Cl)cc2)C1. The van der Waals surface area contributed by atoms with Crippen molar-refractivity contribution in [2.45, 2.75) is 17.7 Å². The third-order valence-electron chi connectivity index (χ3n) is 4.39. The number of sulfonamides is 1. The summed E-state index contributed by atoms with van der Waals surface area (Å²) < 4.78 is 40.7. The van der Waals surface area contributed by atoms with E-state index in [0.29, 0.717) is 29.4 Å². The summed E-state index contributed by atoms with van der Waals surface area (Å²) in [5, 5.41) is 3.23. The zero-order chi connectivity index (χ0) is 19.6. The number of halogens is 3. The second-order valence-corrected chi connectivity index (χ2v) is 9.08. The Hall–Kier alpha value is -1.67. The highest BCUT2D eigenvalue weighted by Gasteiger charge is 2.33. The normalized spacial score (nSPS) is 18.3. The second-order valence-electron chi connectivity index (χ2n) is 6.27. The van der Waals surface area contributed by atoms with Crippen LogP contribution in [0.25, 0.3) is 0 Å². The standard InChI is InChI=1S/C18H17Cl2FN2O3S/c19-13-3-6-15(7-4-13)27(25,26)23-9-1-2-12(11-23)18(24)22-17-10-14(20)5-8-16(17)21/h3-8,10,12H,1-2,9,11H2,(H,22,24)/t12-/m1/s1. The summed E-state index contributed by atoms with van der Waals surface area (Å²) >= 11 is 11.6. The molecule has 1 amide bonds. The van der Waals surface area contributed by atoms with Crippen molar-refractivity contribution in [2.75, 3.05) is 18.4 Å². The van der Waals surface area contributed by atoms with Crippen LogP contribution in [0, 0.1) is 11.7 Å². The second kappa shape index (κ2) is 8.14. The van der Waals surface area contributed by atoms with Gasteiger partial charge in [0.05, 0.1) is 16.5 Å². The molecule has 1 atom stereocenters. The molecule has 0 saturated carbocycles. The van der Waals surface area contributed by atoms with Crippen LogP contribution >= 0.6 is 23.2 Å². The van der Waals surface area contributed by atoms with Gasteiger partial charge in [-0.1, -0.05) is 23.2 Å². The van der Waals surface area contributed by atoms with E-state index in [2.05, 4.69) is 5.32 Å². The van der Waals surface area contributed by atoms with Gasteiger partial charge in [0, 0.05) is 23.1 Å². The van der Waals surface area contributed by atoms with Crippen molar-refractivity contribution in [3.8, 4) is 0 Å². The lowest BCUT2D eigenvalue weighted by Gasteiger charge is -2.31. The largest absolute Gasteiger partial charge is 0.323 e. The van der Waals surface area contributed by atoms with E-state index >= 15 is 0 Å². The quantitative estimate of drug-likeness (QED) is 0.790. The Labute approximate surface area is 167 Å². The molecule has 3 rings (SSSR count). The van der Waals surface area contributed by atoms with Crippen molar-refractivity contribution < 1.29 is 17.6 Å². The maximum Gasteiger partial charge on any atom is 0.243 e. The number of benzene rings is 2. The highest BCUT2D eigenvalue weighted by Crippen LogP contribution is 2.26. The summed E-state index contributed by atoms with van der Waals surface area (Å²) in [5.41, 5.74) is -0.0230. The maximum atomic E-state index is 13.8. The van der Waals surface area contributed by atoms with Crippen LogP contribution < -0.4 is 5.32 Å². The Morgan fingerprint density at radius 3 is 2.48 bits per heavy atom. The first kappa shape index (κ1) is 20.1. The molecule has 27 heavy (non-hydrogen) atoms. The fourth-order valence-electron chi connectivity index (χ4n) is 2.96. The molecule has 1 heterocycles. The first-order valence-electron chi connectivity index (χ1n) is 8.29. The van der Waals surface area contributed by atoms with Gasteiger partial charge >= 0.3 is 0 Å². The topological polar surface area (TPSA) is 66.5 Å². The molecule has 2 aromatic rings. The fourth-order valence-corrected chi connectivity index (χ4v) is 4.78. The number of amides is 1. The molecule has 1 fully saturated rings. The highest BCUT2D eigenvalue weighted by molar-refractivity contribution is 7.89. The smallest absolute Gasteiger partial charge is 0.243 e. The van der Waals surface area contributed by atoms with Gasteiger partial charge in [0.2, 0.25) is 15.9 Å². The van der Waals surface area contributed by atoms with Gasteiger partial charge in [-0.05, 0) is 55.3 Å². The van der Waals surface area contributed by atoms with Gasteiger partial charge in [-0.25, -0.2) is 12.8 Å². The van der Waals surface area contributed by atoms with Gasteiger partial charge in [0.15, 0.2) is 0 Å². The van der Waals surface area contributed by atoms with E-state index in [0.717, 1.165) is 6.07 Å². The third-order valence-corrected chi connectivity index (χ3v) is 6.76. The molecule has 5 nitrogen and oxygen atoms in total. The highest BCUT2D eigenvalue weighted by atomic mass is 35.5. The minimum Gasteiger partial charge on any atom is -0.323 e. The van der Waals surface area contributed by atoms with Crippen molar-refractivity contribution in [1.29, 1.82) is 0 Å². The summed E-state index contributed by atoms with van der Waals surface area (Å²) in [7, 11) is -3.73. The van der Waals surface area contributed by atoms with E-state index in [9.17, 15) is 17.6 Å². The molecular formula is C18H17Cl2FN2O3S. The van der Waals surface area contributed by atoms with Crippen LogP contribution in [0.15, 0.2) is 47.4 Å². The number of hydrogen-bond acceptors (Lipinski definition) is 3. The van der Waals surface area contributed by atoms with Crippen LogP contribution in [0.4, 0.5) is 10.1 Å². The molecular weight excluding hydrogens is 414 g/mol. The minimum atomic E-state index is -3.73. The number of anilines is 1. The molecule has 1 aliphatic rings. The van der Waals surface area contributed by atoms with Gasteiger partial charge in [0.25, 0.3) is 0 Å². The fraction of sp³-hybridized carbons (Fsp3) is 0.278. The third kappa shape index (κ3) is 4.60. The lowest BCUT2D eigenvalue weighted by Crippen LogP contribution is -2.43. The van der Waals surface area contributed by atoms with Gasteiger partial charge in [0.1, 0.15) is 5.82 Å². The lowest BCUT2D eigenvalue weighted by molar-refractivity contribution is -0.120. The maximum absolute atomic E-state index is 13.8. The van der Waals surface area contributed by atoms with Crippen LogP contribution in [0.5, 0.6) is 0 Å². The van der Waals surface area contributed by atoms with Crippen molar-refractivity contribution in [3.05, 3.63) is 58.3 Å². The first-order valence-corrected chi connectivity index (χ1v) is 10.5. The summed E-state index contributed by atoms with van der Waals surface area (Å²) in [6.45, 7) is 0.346. The van der Waals surface area contributed by atoms with Crippen LogP contribution in [0.1, 0.15) is 12.8 Å². The number of piperidine rings is 1. The lowest BCUT2D eigenvalue weighted by atomic mass is 9.98. The predicted molar refractivity (Wildman–Crippen MR) is 103 cm³/mol. The van der Waals surface area contributed by atoms with E-state index in [4.69, 9.17) is 23.2 Å². The first-order chi connectivity index (χ1) is 12.8. The summed E-state index contributed by atoms with van der Waals surface area (Å²) in [6.07, 6.45) is 1.05. The average molecular weight is 431 g/mol. The minimum absolute atomic E-state index is 0.0230. The molecule has 0 unspecified atom stereocenters. The van der Waals surface area contributed by atoms with Crippen LogP contribution in [0.3, 0.4) is 0 Å². The Morgan fingerprint density at radius 1 is 1.11 bits per heavy atom. The zero-order valence-corrected chi connectivity index (χ0v) is 16.5. The molecule has 0 spiro atoms. The zero-order valence-electron chi connectivity index (χ0n) is 14.2. The molecule has 144 valence electrons. The molecule has 1 saturated heterocycles. The molecule has 0 aliphatic carbocycles. The van der Waals surface area contributed by atoms with Crippen LogP contribution in [0.2, 0.25) is 10.0 Å². The summed E-state index contributed by atoms with van der Waals surface area (Å²) in [5.74, 6) is -1.62. The molecule has 1 N–H and O–H groups in total. The Morgan fingerprint density at radius 2 is 1.78 bits per heavy atom. The number of nitrogens with zero attached hydrogens (tertiary/aromatic N) is 1. The van der Waals surface area contributed by atoms with E-state index in [1.165, 1.54) is 40.7 Å². The number of nitrogens with one attached hydrogen (secondary N) is 1. The van der Waals surface area contributed by atoms with Crippen molar-refractivity contribution in [2.24, 2.45) is 5.92 Å².